The number of nitro benzene ring substituents is 1. The van der Waals surface area contributed by atoms with Crippen LogP contribution < -0.4 is 0 Å². The molecule has 0 saturated heterocycles. The van der Waals surface area contributed by atoms with Gasteiger partial charge in [-0.3, -0.25) is 10.1 Å². The second-order valence-corrected chi connectivity index (χ2v) is 3.75. The molecular weight excluding hydrogens is 292 g/mol. The second kappa shape index (κ2) is 3.57. The van der Waals surface area contributed by atoms with Crippen molar-refractivity contribution in [3.05, 3.63) is 36.4 Å². The number of hydrogen-bond donors (Lipinski definition) is 0. The van der Waals surface area contributed by atoms with Crippen LogP contribution in [0.2, 0.25) is 5.02 Å². The van der Waals surface area contributed by atoms with E-state index in [0.717, 1.165) is 3.57 Å². The molecule has 0 aromatic heterocycles. The highest BCUT2D eigenvalue weighted by molar-refractivity contribution is 14.1. The third kappa shape index (κ3) is 1.69. The molecule has 1 rings (SSSR count). The zero-order valence-electron chi connectivity index (χ0n) is 6.17. The van der Waals surface area contributed by atoms with Gasteiger partial charge in [-0.25, -0.2) is 0 Å². The van der Waals surface area contributed by atoms with Crippen molar-refractivity contribution in [1.82, 2.24) is 0 Å². The summed E-state index contributed by atoms with van der Waals surface area (Å²) in [5.74, 6) is 0. The van der Waals surface area contributed by atoms with Crippen molar-refractivity contribution in [1.29, 1.82) is 0 Å². The van der Waals surface area contributed by atoms with Crippen LogP contribution in [0.1, 0.15) is 5.56 Å². The van der Waals surface area contributed by atoms with Gasteiger partial charge in [0.15, 0.2) is 0 Å². The van der Waals surface area contributed by atoms with E-state index in [9.17, 15) is 10.1 Å². The summed E-state index contributed by atoms with van der Waals surface area (Å²) in [6, 6.07) is 2.95. The molecule has 1 aromatic rings. The molecule has 0 aliphatic rings. The van der Waals surface area contributed by atoms with Crippen molar-refractivity contribution in [2.75, 3.05) is 0 Å². The summed E-state index contributed by atoms with van der Waals surface area (Å²) in [7, 11) is 0. The first-order valence-corrected chi connectivity index (χ1v) is 4.58. The van der Waals surface area contributed by atoms with Gasteiger partial charge in [0.1, 0.15) is 0 Å². The quantitative estimate of drug-likeness (QED) is 0.454. The van der Waals surface area contributed by atoms with Crippen LogP contribution >= 0.6 is 34.2 Å². The fraction of sp³-hybridized carbons (Fsp3) is 0.143. The SMILES string of the molecule is Cc1c([N+](=O)[O-])ccc(Cl)c1I. The Labute approximate surface area is 88.0 Å². The molecule has 0 aliphatic heterocycles. The van der Waals surface area contributed by atoms with Crippen LogP contribution in [0.5, 0.6) is 0 Å². The summed E-state index contributed by atoms with van der Waals surface area (Å²) < 4.78 is 0.739. The Kier molecular flexibility index (Phi) is 2.89. The standard InChI is InChI=1S/C7H5ClINO2/c1-4-6(10(11)12)3-2-5(8)7(4)9/h2-3H,1H3. The van der Waals surface area contributed by atoms with Gasteiger partial charge in [-0.15, -0.1) is 0 Å². The molecule has 1 aromatic carbocycles. The second-order valence-electron chi connectivity index (χ2n) is 2.26. The molecule has 0 unspecified atom stereocenters. The van der Waals surface area contributed by atoms with Crippen molar-refractivity contribution < 1.29 is 4.92 Å². The number of rotatable bonds is 1. The summed E-state index contributed by atoms with van der Waals surface area (Å²) in [5.41, 5.74) is 0.733. The van der Waals surface area contributed by atoms with Crippen molar-refractivity contribution in [3.8, 4) is 0 Å². The molecule has 0 radical (unpaired) electrons. The lowest BCUT2D eigenvalue weighted by atomic mass is 10.2. The Bertz CT molecular complexity index is 340. The Morgan fingerprint density at radius 2 is 2.17 bits per heavy atom. The topological polar surface area (TPSA) is 43.1 Å². The number of nitro groups is 1. The highest BCUT2D eigenvalue weighted by atomic mass is 127. The lowest BCUT2D eigenvalue weighted by molar-refractivity contribution is -0.385. The van der Waals surface area contributed by atoms with Crippen molar-refractivity contribution >= 4 is 39.9 Å². The molecule has 12 heavy (non-hydrogen) atoms. The van der Waals surface area contributed by atoms with Crippen LogP contribution in [0.4, 0.5) is 5.69 Å². The summed E-state index contributed by atoms with van der Waals surface area (Å²) in [6.07, 6.45) is 0. The van der Waals surface area contributed by atoms with Gasteiger partial charge < -0.3 is 0 Å². The van der Waals surface area contributed by atoms with Gasteiger partial charge in [-0.2, -0.15) is 0 Å². The molecule has 0 atom stereocenters. The van der Waals surface area contributed by atoms with Crippen molar-refractivity contribution in [2.45, 2.75) is 6.92 Å². The zero-order valence-corrected chi connectivity index (χ0v) is 9.09. The molecule has 0 amide bonds. The van der Waals surface area contributed by atoms with Gasteiger partial charge >= 0.3 is 0 Å². The maximum Gasteiger partial charge on any atom is 0.273 e. The third-order valence-corrected chi connectivity index (χ3v) is 3.53. The normalized spacial score (nSPS) is 9.92. The lowest BCUT2D eigenvalue weighted by Crippen LogP contribution is -1.93. The van der Waals surface area contributed by atoms with Gasteiger partial charge in [0.2, 0.25) is 0 Å². The van der Waals surface area contributed by atoms with E-state index in [1.165, 1.54) is 12.1 Å². The van der Waals surface area contributed by atoms with Gasteiger partial charge in [0.05, 0.1) is 9.95 Å². The van der Waals surface area contributed by atoms with Crippen LogP contribution in [-0.4, -0.2) is 4.92 Å². The predicted molar refractivity (Wildman–Crippen MR) is 55.6 cm³/mol. The van der Waals surface area contributed by atoms with E-state index in [-0.39, 0.29) is 5.69 Å². The minimum absolute atomic E-state index is 0.115. The Hall–Kier alpha value is -0.360. The van der Waals surface area contributed by atoms with Crippen LogP contribution in [0.25, 0.3) is 0 Å². The molecule has 0 saturated carbocycles. The average Bonchev–Trinajstić information content (AvgIpc) is 2.00. The van der Waals surface area contributed by atoms with Crippen molar-refractivity contribution in [3.63, 3.8) is 0 Å². The summed E-state index contributed by atoms with van der Waals surface area (Å²) >= 11 is 7.75. The van der Waals surface area contributed by atoms with Crippen LogP contribution in [0.3, 0.4) is 0 Å². The van der Waals surface area contributed by atoms with Crippen LogP contribution in [0.15, 0.2) is 12.1 Å². The smallest absolute Gasteiger partial charge is 0.258 e. The molecule has 0 aliphatic carbocycles. The van der Waals surface area contributed by atoms with E-state index in [1.807, 2.05) is 22.6 Å². The van der Waals surface area contributed by atoms with Crippen LogP contribution in [0, 0.1) is 20.6 Å². The minimum atomic E-state index is -0.409. The van der Waals surface area contributed by atoms with E-state index < -0.39 is 4.92 Å². The van der Waals surface area contributed by atoms with Gasteiger partial charge in [0, 0.05) is 15.2 Å². The van der Waals surface area contributed by atoms with E-state index >= 15 is 0 Å². The van der Waals surface area contributed by atoms with Crippen molar-refractivity contribution in [2.24, 2.45) is 0 Å². The molecular formula is C7H5ClINO2. The number of halogens is 2. The van der Waals surface area contributed by atoms with Gasteiger partial charge in [0.25, 0.3) is 5.69 Å². The van der Waals surface area contributed by atoms with E-state index in [4.69, 9.17) is 11.6 Å². The Morgan fingerprint density at radius 3 is 2.67 bits per heavy atom. The molecule has 5 heteroatoms. The highest BCUT2D eigenvalue weighted by Gasteiger charge is 2.14. The predicted octanol–water partition coefficient (Wildman–Crippen LogP) is 3.16. The monoisotopic (exact) mass is 297 g/mol. The minimum Gasteiger partial charge on any atom is -0.258 e. The van der Waals surface area contributed by atoms with E-state index in [0.29, 0.717) is 10.6 Å². The first kappa shape index (κ1) is 9.73. The molecule has 0 heterocycles. The third-order valence-electron chi connectivity index (χ3n) is 1.51. The summed E-state index contributed by atoms with van der Waals surface area (Å²) in [5, 5.41) is 11.0. The first-order valence-electron chi connectivity index (χ1n) is 3.13. The van der Waals surface area contributed by atoms with Gasteiger partial charge in [-0.1, -0.05) is 11.6 Å². The lowest BCUT2D eigenvalue weighted by Gasteiger charge is -2.00. The fourth-order valence-electron chi connectivity index (χ4n) is 0.840. The molecule has 0 bridgehead atoms. The van der Waals surface area contributed by atoms with E-state index in [1.54, 1.807) is 6.92 Å². The van der Waals surface area contributed by atoms with Gasteiger partial charge in [-0.05, 0) is 35.6 Å². The summed E-state index contributed by atoms with van der Waals surface area (Å²) in [6.45, 7) is 1.69. The molecule has 64 valence electrons. The maximum absolute atomic E-state index is 10.4. The largest absolute Gasteiger partial charge is 0.273 e. The molecule has 0 fully saturated rings. The molecule has 3 nitrogen and oxygen atoms in total. The Morgan fingerprint density at radius 1 is 1.58 bits per heavy atom. The average molecular weight is 297 g/mol. The maximum atomic E-state index is 10.4. The highest BCUT2D eigenvalue weighted by Crippen LogP contribution is 2.28. The Balaban J connectivity index is 3.36. The first-order chi connectivity index (χ1) is 5.54. The fourth-order valence-corrected chi connectivity index (χ4v) is 1.50. The summed E-state index contributed by atoms with van der Waals surface area (Å²) in [4.78, 5) is 10.0. The van der Waals surface area contributed by atoms with E-state index in [2.05, 4.69) is 0 Å². The number of hydrogen-bond acceptors (Lipinski definition) is 2. The zero-order chi connectivity index (χ0) is 9.30. The molecule has 0 N–H and O–H groups in total. The number of nitrogens with zero attached hydrogens (tertiary/aromatic N) is 1. The van der Waals surface area contributed by atoms with Crippen LogP contribution in [-0.2, 0) is 0 Å². The number of benzene rings is 1. The molecule has 0 spiro atoms.